The summed E-state index contributed by atoms with van der Waals surface area (Å²) in [5.41, 5.74) is 1.18. The molecule has 0 N–H and O–H groups in total. The number of ether oxygens (including phenoxy) is 2. The average Bonchev–Trinajstić information content (AvgIpc) is 2.32. The molecular formula is C8H12O2. The third kappa shape index (κ3) is 0.724. The molecule has 0 aromatic heterocycles. The molecule has 1 aliphatic heterocycles. The zero-order chi connectivity index (χ0) is 7.19. The van der Waals surface area contributed by atoms with Gasteiger partial charge in [-0.3, -0.25) is 0 Å². The molecule has 0 aromatic rings. The fraction of sp³-hybridized carbons (Fsp3) is 0.750. The monoisotopic (exact) mass is 140 g/mol. The summed E-state index contributed by atoms with van der Waals surface area (Å²) in [6.07, 6.45) is 1.02. The quantitative estimate of drug-likeness (QED) is 0.511. The van der Waals surface area contributed by atoms with Gasteiger partial charge in [-0.15, -0.1) is 0 Å². The van der Waals surface area contributed by atoms with Gasteiger partial charge in [0.2, 0.25) is 0 Å². The second-order valence-electron chi connectivity index (χ2n) is 3.11. The van der Waals surface area contributed by atoms with E-state index in [0.29, 0.717) is 5.92 Å². The van der Waals surface area contributed by atoms with Crippen molar-refractivity contribution in [1.82, 2.24) is 0 Å². The molecule has 1 atom stereocenters. The second-order valence-corrected chi connectivity index (χ2v) is 3.11. The predicted octanol–water partition coefficient (Wildman–Crippen LogP) is 1.33. The van der Waals surface area contributed by atoms with Crippen molar-refractivity contribution in [3.05, 3.63) is 12.2 Å². The lowest BCUT2D eigenvalue weighted by Crippen LogP contribution is -2.12. The summed E-state index contributed by atoms with van der Waals surface area (Å²) >= 11 is 0. The van der Waals surface area contributed by atoms with Crippen molar-refractivity contribution in [2.75, 3.05) is 13.2 Å². The normalized spacial score (nSPS) is 34.7. The summed E-state index contributed by atoms with van der Waals surface area (Å²) in [5.74, 6) is 0.251. The SMILES string of the molecule is C=C(C)[C@@H]1CC12OCCO2. The average molecular weight is 140 g/mol. The lowest BCUT2D eigenvalue weighted by Gasteiger charge is -2.06. The molecule has 2 heteroatoms. The van der Waals surface area contributed by atoms with E-state index in [9.17, 15) is 0 Å². The van der Waals surface area contributed by atoms with E-state index < -0.39 is 0 Å². The Labute approximate surface area is 60.8 Å². The molecule has 2 rings (SSSR count). The van der Waals surface area contributed by atoms with Gasteiger partial charge in [0.15, 0.2) is 5.79 Å². The van der Waals surface area contributed by atoms with Crippen molar-refractivity contribution in [3.63, 3.8) is 0 Å². The maximum atomic E-state index is 5.44. The van der Waals surface area contributed by atoms with Crippen molar-refractivity contribution in [1.29, 1.82) is 0 Å². The van der Waals surface area contributed by atoms with Crippen LogP contribution in [0.1, 0.15) is 13.3 Å². The van der Waals surface area contributed by atoms with Crippen LogP contribution in [0.3, 0.4) is 0 Å². The Morgan fingerprint density at radius 2 is 2.10 bits per heavy atom. The van der Waals surface area contributed by atoms with Crippen LogP contribution in [0.2, 0.25) is 0 Å². The Bertz CT molecular complexity index is 168. The molecular weight excluding hydrogens is 128 g/mol. The van der Waals surface area contributed by atoms with E-state index in [1.165, 1.54) is 5.57 Å². The van der Waals surface area contributed by atoms with Gasteiger partial charge in [-0.2, -0.15) is 0 Å². The van der Waals surface area contributed by atoms with E-state index in [-0.39, 0.29) is 5.79 Å². The van der Waals surface area contributed by atoms with E-state index >= 15 is 0 Å². The lowest BCUT2D eigenvalue weighted by molar-refractivity contribution is -0.0781. The minimum atomic E-state index is -0.216. The molecule has 2 nitrogen and oxygen atoms in total. The molecule has 2 fully saturated rings. The highest BCUT2D eigenvalue weighted by Gasteiger charge is 2.59. The minimum Gasteiger partial charge on any atom is -0.347 e. The number of hydrogen-bond donors (Lipinski definition) is 0. The van der Waals surface area contributed by atoms with Crippen LogP contribution in [0.5, 0.6) is 0 Å². The molecule has 0 radical (unpaired) electrons. The standard InChI is InChI=1S/C8H12O2/c1-6(2)7-5-8(7)9-3-4-10-8/h7H,1,3-5H2,2H3/t7-/m0/s1. The maximum Gasteiger partial charge on any atom is 0.175 e. The molecule has 0 unspecified atom stereocenters. The predicted molar refractivity (Wildman–Crippen MR) is 37.6 cm³/mol. The van der Waals surface area contributed by atoms with Crippen molar-refractivity contribution >= 4 is 0 Å². The van der Waals surface area contributed by atoms with E-state index in [4.69, 9.17) is 9.47 Å². The summed E-state index contributed by atoms with van der Waals surface area (Å²) in [6.45, 7) is 7.42. The maximum absolute atomic E-state index is 5.44. The van der Waals surface area contributed by atoms with Crippen molar-refractivity contribution in [2.24, 2.45) is 5.92 Å². The molecule has 10 heavy (non-hydrogen) atoms. The largest absolute Gasteiger partial charge is 0.347 e. The van der Waals surface area contributed by atoms with Gasteiger partial charge in [-0.05, 0) is 6.92 Å². The Morgan fingerprint density at radius 3 is 2.50 bits per heavy atom. The Balaban J connectivity index is 2.04. The van der Waals surface area contributed by atoms with Gasteiger partial charge in [0.1, 0.15) is 0 Å². The second kappa shape index (κ2) is 1.83. The van der Waals surface area contributed by atoms with Crippen molar-refractivity contribution in [2.45, 2.75) is 19.1 Å². The van der Waals surface area contributed by atoms with Gasteiger partial charge in [0.05, 0.1) is 13.2 Å². The van der Waals surface area contributed by atoms with Crippen LogP contribution < -0.4 is 0 Å². The molecule has 1 saturated carbocycles. The zero-order valence-corrected chi connectivity index (χ0v) is 6.22. The van der Waals surface area contributed by atoms with E-state index in [1.54, 1.807) is 0 Å². The third-order valence-electron chi connectivity index (χ3n) is 2.23. The summed E-state index contributed by atoms with van der Waals surface area (Å²) in [7, 11) is 0. The van der Waals surface area contributed by atoms with Crippen LogP contribution in [0.15, 0.2) is 12.2 Å². The van der Waals surface area contributed by atoms with Crippen LogP contribution in [0.25, 0.3) is 0 Å². The third-order valence-corrected chi connectivity index (χ3v) is 2.23. The molecule has 2 aliphatic rings. The molecule has 1 aliphatic carbocycles. The fourth-order valence-electron chi connectivity index (χ4n) is 1.56. The minimum absolute atomic E-state index is 0.216. The zero-order valence-electron chi connectivity index (χ0n) is 6.22. The molecule has 1 heterocycles. The van der Waals surface area contributed by atoms with Crippen LogP contribution in [0.4, 0.5) is 0 Å². The van der Waals surface area contributed by atoms with Crippen molar-refractivity contribution < 1.29 is 9.47 Å². The molecule has 1 saturated heterocycles. The summed E-state index contributed by atoms with van der Waals surface area (Å²) in [5, 5.41) is 0. The Kier molecular flexibility index (Phi) is 1.17. The molecule has 56 valence electrons. The van der Waals surface area contributed by atoms with E-state index in [2.05, 4.69) is 6.58 Å². The van der Waals surface area contributed by atoms with Crippen molar-refractivity contribution in [3.8, 4) is 0 Å². The molecule has 0 bridgehead atoms. The van der Waals surface area contributed by atoms with Crippen LogP contribution in [0, 0.1) is 5.92 Å². The first-order valence-electron chi connectivity index (χ1n) is 3.68. The highest BCUT2D eigenvalue weighted by Crippen LogP contribution is 2.53. The van der Waals surface area contributed by atoms with Crippen LogP contribution in [-0.2, 0) is 9.47 Å². The van der Waals surface area contributed by atoms with E-state index in [0.717, 1.165) is 19.6 Å². The summed E-state index contributed by atoms with van der Waals surface area (Å²) in [6, 6.07) is 0. The fourth-order valence-corrected chi connectivity index (χ4v) is 1.56. The topological polar surface area (TPSA) is 18.5 Å². The smallest absolute Gasteiger partial charge is 0.175 e. The van der Waals surface area contributed by atoms with Gasteiger partial charge in [-0.1, -0.05) is 12.2 Å². The van der Waals surface area contributed by atoms with Crippen LogP contribution in [-0.4, -0.2) is 19.0 Å². The summed E-state index contributed by atoms with van der Waals surface area (Å²) in [4.78, 5) is 0. The molecule has 1 spiro atoms. The highest BCUT2D eigenvalue weighted by molar-refractivity contribution is 5.16. The van der Waals surface area contributed by atoms with Gasteiger partial charge in [-0.25, -0.2) is 0 Å². The Morgan fingerprint density at radius 1 is 1.50 bits per heavy atom. The molecule has 0 aromatic carbocycles. The van der Waals surface area contributed by atoms with Gasteiger partial charge < -0.3 is 9.47 Å². The first-order chi connectivity index (χ1) is 4.75. The van der Waals surface area contributed by atoms with Gasteiger partial charge in [0, 0.05) is 12.3 Å². The first kappa shape index (κ1) is 6.38. The lowest BCUT2D eigenvalue weighted by atomic mass is 10.2. The Hall–Kier alpha value is -0.340. The van der Waals surface area contributed by atoms with Crippen LogP contribution >= 0.6 is 0 Å². The summed E-state index contributed by atoms with van der Waals surface area (Å²) < 4.78 is 10.9. The van der Waals surface area contributed by atoms with E-state index in [1.807, 2.05) is 6.92 Å². The first-order valence-corrected chi connectivity index (χ1v) is 3.68. The van der Waals surface area contributed by atoms with Gasteiger partial charge in [0.25, 0.3) is 0 Å². The number of hydrogen-bond acceptors (Lipinski definition) is 2. The van der Waals surface area contributed by atoms with Gasteiger partial charge >= 0.3 is 0 Å². The number of rotatable bonds is 1. The molecule has 0 amide bonds. The highest BCUT2D eigenvalue weighted by atomic mass is 16.7.